The maximum absolute atomic E-state index is 4.97. The monoisotopic (exact) mass is 328 g/mol. The highest BCUT2D eigenvalue weighted by molar-refractivity contribution is 5.13. The second-order valence-corrected chi connectivity index (χ2v) is 6.15. The van der Waals surface area contributed by atoms with Gasteiger partial charge in [0.05, 0.1) is 23.6 Å². The summed E-state index contributed by atoms with van der Waals surface area (Å²) >= 11 is 0. The fraction of sp³-hybridized carbons (Fsp3) is 0.438. The molecule has 0 bridgehead atoms. The Hall–Kier alpha value is -2.45. The van der Waals surface area contributed by atoms with E-state index < -0.39 is 0 Å². The van der Waals surface area contributed by atoms with Gasteiger partial charge in [0.1, 0.15) is 12.5 Å². The van der Waals surface area contributed by atoms with Crippen molar-refractivity contribution in [3.05, 3.63) is 54.0 Å². The number of rotatable bonds is 5. The van der Waals surface area contributed by atoms with Crippen LogP contribution in [0.25, 0.3) is 0 Å². The number of hydrogen-bond acceptors (Lipinski definition) is 7. The van der Waals surface area contributed by atoms with Crippen LogP contribution in [0.4, 0.5) is 0 Å². The molecule has 1 aliphatic heterocycles. The summed E-state index contributed by atoms with van der Waals surface area (Å²) in [5.74, 6) is 0. The van der Waals surface area contributed by atoms with Gasteiger partial charge in [0, 0.05) is 63.7 Å². The van der Waals surface area contributed by atoms with Gasteiger partial charge in [0.2, 0.25) is 0 Å². The highest BCUT2D eigenvalue weighted by Gasteiger charge is 2.30. The Kier molecular flexibility index (Phi) is 4.14. The molecule has 4 rings (SSSR count). The van der Waals surface area contributed by atoms with E-state index in [2.05, 4.69) is 31.4 Å². The van der Waals surface area contributed by atoms with E-state index in [0.717, 1.165) is 44.1 Å². The van der Waals surface area contributed by atoms with E-state index in [1.54, 1.807) is 12.5 Å². The zero-order valence-corrected chi connectivity index (χ0v) is 13.6. The highest BCUT2D eigenvalue weighted by atomic mass is 16.5. The zero-order valence-electron chi connectivity index (χ0n) is 13.6. The standard InChI is InChI=1S/C16H20N6O2/c1-20-9-13(8-17-20)16-12-21(10-14-2-6-23-18-14)4-5-22(16)11-15-3-7-24-19-15/h2-3,6-9,16H,4-5,10-12H2,1H3/t16-/m1/s1. The fourth-order valence-corrected chi connectivity index (χ4v) is 3.21. The smallest absolute Gasteiger partial charge is 0.124 e. The van der Waals surface area contributed by atoms with Gasteiger partial charge in [0.25, 0.3) is 0 Å². The molecule has 0 spiro atoms. The molecule has 1 atom stereocenters. The van der Waals surface area contributed by atoms with Crippen LogP contribution in [0.5, 0.6) is 0 Å². The molecule has 4 heterocycles. The molecule has 0 amide bonds. The summed E-state index contributed by atoms with van der Waals surface area (Å²) in [5, 5.41) is 12.4. The van der Waals surface area contributed by atoms with Crippen LogP contribution in [-0.2, 0) is 20.1 Å². The molecule has 0 unspecified atom stereocenters. The summed E-state index contributed by atoms with van der Waals surface area (Å²) in [4.78, 5) is 4.82. The summed E-state index contributed by atoms with van der Waals surface area (Å²) in [6, 6.07) is 4.10. The van der Waals surface area contributed by atoms with Gasteiger partial charge in [-0.2, -0.15) is 5.10 Å². The van der Waals surface area contributed by atoms with Crippen LogP contribution >= 0.6 is 0 Å². The largest absolute Gasteiger partial charge is 0.364 e. The van der Waals surface area contributed by atoms with E-state index in [0.29, 0.717) is 0 Å². The topological polar surface area (TPSA) is 76.4 Å². The van der Waals surface area contributed by atoms with Crippen LogP contribution in [0.1, 0.15) is 23.0 Å². The molecular formula is C16H20N6O2. The number of piperazine rings is 1. The summed E-state index contributed by atoms with van der Waals surface area (Å²) in [6.07, 6.45) is 7.27. The molecule has 8 nitrogen and oxygen atoms in total. The highest BCUT2D eigenvalue weighted by Crippen LogP contribution is 2.27. The molecule has 0 saturated carbocycles. The SMILES string of the molecule is Cn1cc([C@H]2CN(Cc3ccon3)CCN2Cc2ccon2)cn1. The molecule has 1 saturated heterocycles. The minimum Gasteiger partial charge on any atom is -0.364 e. The zero-order chi connectivity index (χ0) is 16.4. The molecule has 24 heavy (non-hydrogen) atoms. The summed E-state index contributed by atoms with van der Waals surface area (Å²) in [5.41, 5.74) is 3.13. The van der Waals surface area contributed by atoms with E-state index in [9.17, 15) is 0 Å². The van der Waals surface area contributed by atoms with Crippen molar-refractivity contribution in [2.24, 2.45) is 7.05 Å². The lowest BCUT2D eigenvalue weighted by Crippen LogP contribution is -2.47. The van der Waals surface area contributed by atoms with E-state index in [-0.39, 0.29) is 6.04 Å². The Morgan fingerprint density at radius 1 is 1.08 bits per heavy atom. The fourth-order valence-electron chi connectivity index (χ4n) is 3.21. The lowest BCUT2D eigenvalue weighted by atomic mass is 10.1. The van der Waals surface area contributed by atoms with Gasteiger partial charge in [-0.05, 0) is 0 Å². The van der Waals surface area contributed by atoms with Crippen LogP contribution < -0.4 is 0 Å². The average molecular weight is 328 g/mol. The van der Waals surface area contributed by atoms with E-state index >= 15 is 0 Å². The number of nitrogens with zero attached hydrogens (tertiary/aromatic N) is 6. The van der Waals surface area contributed by atoms with Crippen LogP contribution in [0, 0.1) is 0 Å². The first-order valence-electron chi connectivity index (χ1n) is 8.01. The molecule has 0 N–H and O–H groups in total. The van der Waals surface area contributed by atoms with Crippen molar-refractivity contribution in [3.63, 3.8) is 0 Å². The van der Waals surface area contributed by atoms with Crippen molar-refractivity contribution in [1.82, 2.24) is 29.9 Å². The van der Waals surface area contributed by atoms with Crippen LogP contribution in [-0.4, -0.2) is 49.5 Å². The minimum absolute atomic E-state index is 0.260. The summed E-state index contributed by atoms with van der Waals surface area (Å²) in [7, 11) is 1.95. The van der Waals surface area contributed by atoms with Crippen LogP contribution in [0.2, 0.25) is 0 Å². The Morgan fingerprint density at radius 3 is 2.46 bits per heavy atom. The maximum Gasteiger partial charge on any atom is 0.124 e. The molecule has 1 fully saturated rings. The normalized spacial score (nSPS) is 19.8. The van der Waals surface area contributed by atoms with Gasteiger partial charge in [-0.3, -0.25) is 14.5 Å². The molecule has 0 aromatic carbocycles. The van der Waals surface area contributed by atoms with Crippen LogP contribution in [0.3, 0.4) is 0 Å². The van der Waals surface area contributed by atoms with Crippen molar-refractivity contribution in [3.8, 4) is 0 Å². The lowest BCUT2D eigenvalue weighted by molar-refractivity contribution is 0.0607. The molecule has 0 radical (unpaired) electrons. The third-order valence-corrected chi connectivity index (χ3v) is 4.42. The van der Waals surface area contributed by atoms with Crippen molar-refractivity contribution in [2.75, 3.05) is 19.6 Å². The minimum atomic E-state index is 0.260. The van der Waals surface area contributed by atoms with E-state index in [4.69, 9.17) is 9.05 Å². The molecule has 3 aromatic heterocycles. The van der Waals surface area contributed by atoms with Gasteiger partial charge in [-0.15, -0.1) is 0 Å². The lowest BCUT2D eigenvalue weighted by Gasteiger charge is -2.40. The first-order valence-corrected chi connectivity index (χ1v) is 8.01. The van der Waals surface area contributed by atoms with Gasteiger partial charge >= 0.3 is 0 Å². The molecule has 8 heteroatoms. The average Bonchev–Trinajstić information content (AvgIpc) is 3.32. The summed E-state index contributed by atoms with van der Waals surface area (Å²) in [6.45, 7) is 4.40. The second kappa shape index (κ2) is 6.58. The maximum atomic E-state index is 4.97. The molecule has 0 aliphatic carbocycles. The molecule has 3 aromatic rings. The van der Waals surface area contributed by atoms with Gasteiger partial charge in [-0.25, -0.2) is 0 Å². The summed E-state index contributed by atoms with van der Waals surface area (Å²) < 4.78 is 11.8. The first-order chi connectivity index (χ1) is 11.8. The first kappa shape index (κ1) is 15.1. The number of aromatic nitrogens is 4. The van der Waals surface area contributed by atoms with Crippen LogP contribution in [0.15, 0.2) is 46.1 Å². The molecular weight excluding hydrogens is 308 g/mol. The second-order valence-electron chi connectivity index (χ2n) is 6.15. The van der Waals surface area contributed by atoms with Gasteiger partial charge in [0.15, 0.2) is 0 Å². The predicted octanol–water partition coefficient (Wildman–Crippen LogP) is 1.46. The van der Waals surface area contributed by atoms with Crippen molar-refractivity contribution >= 4 is 0 Å². The van der Waals surface area contributed by atoms with Crippen molar-refractivity contribution in [2.45, 2.75) is 19.1 Å². The van der Waals surface area contributed by atoms with Gasteiger partial charge in [-0.1, -0.05) is 10.3 Å². The Bertz CT molecular complexity index is 751. The molecule has 1 aliphatic rings. The van der Waals surface area contributed by atoms with E-state index in [1.807, 2.05) is 30.1 Å². The third-order valence-electron chi connectivity index (χ3n) is 4.42. The van der Waals surface area contributed by atoms with Crippen molar-refractivity contribution in [1.29, 1.82) is 0 Å². The Morgan fingerprint density at radius 2 is 1.83 bits per heavy atom. The van der Waals surface area contributed by atoms with E-state index in [1.165, 1.54) is 5.56 Å². The third kappa shape index (κ3) is 3.24. The Balaban J connectivity index is 1.51. The Labute approximate surface area is 139 Å². The number of hydrogen-bond donors (Lipinski definition) is 0. The molecule has 126 valence electrons. The van der Waals surface area contributed by atoms with Crippen molar-refractivity contribution < 1.29 is 9.05 Å². The number of aryl methyl sites for hydroxylation is 1. The van der Waals surface area contributed by atoms with Gasteiger partial charge < -0.3 is 9.05 Å². The predicted molar refractivity (Wildman–Crippen MR) is 84.6 cm³/mol. The quantitative estimate of drug-likeness (QED) is 0.701.